The molecule has 2 aliphatic heterocycles. The van der Waals surface area contributed by atoms with Gasteiger partial charge in [-0.25, -0.2) is 0 Å². The Morgan fingerprint density at radius 3 is 1.50 bits per heavy atom. The van der Waals surface area contributed by atoms with Crippen molar-refractivity contribution in [3.8, 4) is 23.5 Å². The van der Waals surface area contributed by atoms with Crippen molar-refractivity contribution in [2.45, 2.75) is 104 Å². The number of rotatable bonds is 0. The highest BCUT2D eigenvalue weighted by molar-refractivity contribution is 6.56. The summed E-state index contributed by atoms with van der Waals surface area (Å²) in [4.78, 5) is 0. The van der Waals surface area contributed by atoms with Gasteiger partial charge in [0.2, 0.25) is 0 Å². The Labute approximate surface area is 218 Å². The second kappa shape index (κ2) is 8.68. The van der Waals surface area contributed by atoms with E-state index in [4.69, 9.17) is 18.6 Å². The summed E-state index contributed by atoms with van der Waals surface area (Å²) in [5.41, 5.74) is 1.21. The van der Waals surface area contributed by atoms with Crippen LogP contribution in [0.1, 0.15) is 92.9 Å². The molecule has 4 nitrogen and oxygen atoms in total. The molecule has 0 spiro atoms. The quantitative estimate of drug-likeness (QED) is 0.335. The molecular weight excluding hydrogens is 446 g/mol. The van der Waals surface area contributed by atoms with Crippen molar-refractivity contribution in [1.82, 2.24) is 0 Å². The minimum Gasteiger partial charge on any atom is -0.392 e. The maximum Gasteiger partial charge on any atom is 0.551 e. The Kier molecular flexibility index (Phi) is 6.47. The molecule has 0 bridgehead atoms. The van der Waals surface area contributed by atoms with E-state index in [1.807, 2.05) is 67.5 Å². The van der Waals surface area contributed by atoms with Crippen LogP contribution >= 0.6 is 0 Å². The summed E-state index contributed by atoms with van der Waals surface area (Å²) < 4.78 is 24.5. The van der Waals surface area contributed by atoms with Crippen molar-refractivity contribution in [3.63, 3.8) is 0 Å². The highest BCUT2D eigenvalue weighted by Crippen LogP contribution is 2.38. The van der Waals surface area contributed by atoms with Crippen molar-refractivity contribution < 1.29 is 18.6 Å². The van der Waals surface area contributed by atoms with Crippen molar-refractivity contribution in [3.05, 3.63) is 47.0 Å². The molecule has 2 aromatic carbocycles. The molecule has 0 saturated carbocycles. The van der Waals surface area contributed by atoms with Gasteiger partial charge in [-0.15, -0.1) is 0 Å². The Morgan fingerprint density at radius 2 is 1.06 bits per heavy atom. The number of hydrogen-bond acceptors (Lipinski definition) is 4. The Hall–Kier alpha value is -2.21. The zero-order valence-electron chi connectivity index (χ0n) is 23.7. The van der Waals surface area contributed by atoms with E-state index in [0.29, 0.717) is 0 Å². The van der Waals surface area contributed by atoms with E-state index >= 15 is 0 Å². The van der Waals surface area contributed by atoms with Crippen LogP contribution in [0.15, 0.2) is 30.3 Å². The smallest absolute Gasteiger partial charge is 0.392 e. The summed E-state index contributed by atoms with van der Waals surface area (Å²) in [7, 11) is -1.15. The van der Waals surface area contributed by atoms with Crippen LogP contribution in [-0.4, -0.2) is 36.6 Å². The topological polar surface area (TPSA) is 36.9 Å². The Balaban J connectivity index is 1.80. The lowest BCUT2D eigenvalue weighted by Crippen LogP contribution is -2.41. The van der Waals surface area contributed by atoms with Crippen LogP contribution in [0.3, 0.4) is 0 Å². The first-order chi connectivity index (χ1) is 16.4. The third kappa shape index (κ3) is 4.85. The Morgan fingerprint density at radius 1 is 0.639 bits per heavy atom. The molecule has 2 aromatic rings. The summed E-state index contributed by atoms with van der Waals surface area (Å²) in [5, 5.41) is 2.11. The zero-order valence-corrected chi connectivity index (χ0v) is 23.7. The van der Waals surface area contributed by atoms with Gasteiger partial charge in [0.1, 0.15) is 0 Å². The predicted octanol–water partition coefficient (Wildman–Crippen LogP) is 6.10. The van der Waals surface area contributed by atoms with Crippen LogP contribution in [0.25, 0.3) is 10.8 Å². The van der Waals surface area contributed by atoms with Gasteiger partial charge in [-0.1, -0.05) is 68.5 Å². The summed E-state index contributed by atoms with van der Waals surface area (Å²) in [6.45, 7) is 22.9. The fraction of sp³-hybridized carbons (Fsp3) is 0.533. The highest BCUT2D eigenvalue weighted by Gasteiger charge is 2.51. The molecule has 188 valence electrons. The lowest BCUT2D eigenvalue weighted by Gasteiger charge is -2.32. The predicted molar refractivity (Wildman–Crippen MR) is 149 cm³/mol. The van der Waals surface area contributed by atoms with Crippen LogP contribution in [0.2, 0.25) is 0 Å². The second-order valence-corrected chi connectivity index (χ2v) is 12.9. The van der Waals surface area contributed by atoms with Gasteiger partial charge in [-0.05, 0) is 83.2 Å². The second-order valence-electron chi connectivity index (χ2n) is 12.9. The van der Waals surface area contributed by atoms with Gasteiger partial charge in [-0.3, -0.25) is 0 Å². The van der Waals surface area contributed by atoms with Gasteiger partial charge in [0.05, 0.1) is 22.4 Å². The molecule has 2 saturated heterocycles. The molecule has 0 atom stereocenters. The van der Waals surface area contributed by atoms with Crippen LogP contribution in [0.5, 0.6) is 0 Å². The average Bonchev–Trinajstić information content (AvgIpc) is 3.08. The van der Waals surface area contributed by atoms with Gasteiger partial charge in [-0.2, -0.15) is 0 Å². The number of benzene rings is 2. The SMILES string of the molecule is CC(C)(C)c1cc(C#CB2OC(C)(C)C(C)(C)O2)c2ccccc2c1C#CB1OC(C)(C)C(C)(C)O1. The third-order valence-electron chi connectivity index (χ3n) is 8.00. The molecule has 0 amide bonds. The van der Waals surface area contributed by atoms with E-state index in [-0.39, 0.29) is 5.41 Å². The molecule has 0 radical (unpaired) electrons. The minimum atomic E-state index is -0.579. The van der Waals surface area contributed by atoms with Crippen LogP contribution in [-0.2, 0) is 24.0 Å². The van der Waals surface area contributed by atoms with Crippen molar-refractivity contribution >= 4 is 25.0 Å². The third-order valence-corrected chi connectivity index (χ3v) is 8.00. The zero-order chi connectivity index (χ0) is 26.7. The first kappa shape index (κ1) is 26.8. The lowest BCUT2D eigenvalue weighted by molar-refractivity contribution is 0.00578. The molecule has 2 aliphatic rings. The normalized spacial score (nSPS) is 21.6. The monoisotopic (exact) mass is 484 g/mol. The fourth-order valence-corrected chi connectivity index (χ4v) is 4.28. The molecule has 0 N–H and O–H groups in total. The van der Waals surface area contributed by atoms with Crippen molar-refractivity contribution in [2.24, 2.45) is 0 Å². The van der Waals surface area contributed by atoms with E-state index < -0.39 is 36.6 Å². The van der Waals surface area contributed by atoms with E-state index in [1.54, 1.807) is 0 Å². The van der Waals surface area contributed by atoms with E-state index in [0.717, 1.165) is 27.5 Å². The van der Waals surface area contributed by atoms with Gasteiger partial charge >= 0.3 is 14.2 Å². The first-order valence-corrected chi connectivity index (χ1v) is 12.7. The largest absolute Gasteiger partial charge is 0.551 e. The lowest BCUT2D eigenvalue weighted by atomic mass is 9.79. The van der Waals surface area contributed by atoms with Crippen molar-refractivity contribution in [1.29, 1.82) is 0 Å². The highest BCUT2D eigenvalue weighted by atomic mass is 16.7. The summed E-state index contributed by atoms with van der Waals surface area (Å²) in [5.74, 6) is 13.3. The minimum absolute atomic E-state index is 0.148. The molecule has 6 heteroatoms. The van der Waals surface area contributed by atoms with Crippen LogP contribution < -0.4 is 0 Å². The fourth-order valence-electron chi connectivity index (χ4n) is 4.28. The average molecular weight is 484 g/mol. The molecule has 2 fully saturated rings. The number of fused-ring (bicyclic) bond motifs is 1. The van der Waals surface area contributed by atoms with Crippen LogP contribution in [0.4, 0.5) is 0 Å². The maximum atomic E-state index is 6.13. The summed E-state index contributed by atoms with van der Waals surface area (Å²) in [6, 6.07) is 10.4. The molecule has 0 aromatic heterocycles. The van der Waals surface area contributed by atoms with Gasteiger partial charge < -0.3 is 18.6 Å². The summed E-state index contributed by atoms with van der Waals surface area (Å²) in [6.07, 6.45) is 0. The standard InChI is InChI=1S/C30H38B2O4/c1-26(2,3)25-20-21(16-18-31-33-27(4,5)28(6,7)34-31)22-14-12-13-15-23(22)24(25)17-19-32-35-29(8,9)30(10,11)36-32/h12-15,20H,1-11H3. The molecular formula is C30H38B2O4. The van der Waals surface area contributed by atoms with E-state index in [1.165, 1.54) is 0 Å². The Bertz CT molecular complexity index is 1280. The van der Waals surface area contributed by atoms with Gasteiger partial charge in [0.15, 0.2) is 0 Å². The van der Waals surface area contributed by atoms with Crippen LogP contribution in [0, 0.1) is 23.5 Å². The van der Waals surface area contributed by atoms with Crippen molar-refractivity contribution in [2.75, 3.05) is 0 Å². The van der Waals surface area contributed by atoms with Gasteiger partial charge in [0, 0.05) is 11.1 Å². The van der Waals surface area contributed by atoms with E-state index in [2.05, 4.69) is 62.5 Å². The molecule has 36 heavy (non-hydrogen) atoms. The maximum absolute atomic E-state index is 6.13. The van der Waals surface area contributed by atoms with Gasteiger partial charge in [0.25, 0.3) is 0 Å². The summed E-state index contributed by atoms with van der Waals surface area (Å²) >= 11 is 0. The first-order valence-electron chi connectivity index (χ1n) is 12.7. The number of hydrogen-bond donors (Lipinski definition) is 0. The van der Waals surface area contributed by atoms with E-state index in [9.17, 15) is 0 Å². The molecule has 2 heterocycles. The molecule has 0 unspecified atom stereocenters. The molecule has 4 rings (SSSR count). The molecule has 0 aliphatic carbocycles.